The van der Waals surface area contributed by atoms with E-state index in [4.69, 9.17) is 9.47 Å². The predicted octanol–water partition coefficient (Wildman–Crippen LogP) is 3.74. The number of carbonyl (C=O) groups is 2. The van der Waals surface area contributed by atoms with E-state index in [2.05, 4.69) is 5.10 Å². The van der Waals surface area contributed by atoms with Crippen LogP contribution in [0.5, 0.6) is 0 Å². The fraction of sp³-hybridized carbons (Fsp3) is 0.591. The summed E-state index contributed by atoms with van der Waals surface area (Å²) in [5.41, 5.74) is 0.882. The Hall–Kier alpha value is -2.64. The van der Waals surface area contributed by atoms with Crippen molar-refractivity contribution in [2.75, 3.05) is 19.7 Å². The second-order valence-corrected chi connectivity index (χ2v) is 8.62. The van der Waals surface area contributed by atoms with Crippen molar-refractivity contribution in [2.45, 2.75) is 58.9 Å². The smallest absolute Gasteiger partial charge is 0.410 e. The number of fused-ring (bicyclic) bond motifs is 1. The van der Waals surface area contributed by atoms with Gasteiger partial charge in [-0.15, -0.1) is 0 Å². The number of rotatable bonds is 5. The number of amides is 1. The van der Waals surface area contributed by atoms with Crippen LogP contribution in [0.2, 0.25) is 0 Å². The van der Waals surface area contributed by atoms with Crippen molar-refractivity contribution in [1.82, 2.24) is 14.7 Å². The molecule has 3 rings (SSSR count). The molecule has 7 nitrogen and oxygen atoms in total. The molecule has 30 heavy (non-hydrogen) atoms. The van der Waals surface area contributed by atoms with Crippen LogP contribution in [0.3, 0.4) is 0 Å². The molecule has 1 saturated heterocycles. The molecule has 2 atom stereocenters. The number of esters is 1. The molecule has 2 aromatic rings. The number of nitrogens with zero attached hydrogens (tertiary/aromatic N) is 3. The van der Waals surface area contributed by atoms with Gasteiger partial charge in [0.05, 0.1) is 30.8 Å². The van der Waals surface area contributed by atoms with Gasteiger partial charge in [-0.1, -0.05) is 18.2 Å². The van der Waals surface area contributed by atoms with Crippen LogP contribution in [0.15, 0.2) is 24.3 Å². The van der Waals surface area contributed by atoms with Crippen LogP contribution in [0, 0.1) is 5.92 Å². The molecular weight excluding hydrogens is 389 g/mol. The van der Waals surface area contributed by atoms with Crippen molar-refractivity contribution < 1.29 is 23.5 Å². The van der Waals surface area contributed by atoms with E-state index in [1.54, 1.807) is 32.4 Å². The van der Waals surface area contributed by atoms with Crippen LogP contribution >= 0.6 is 0 Å². The molecule has 8 heteroatoms. The van der Waals surface area contributed by atoms with Gasteiger partial charge in [0.25, 0.3) is 0 Å². The minimum atomic E-state index is -1.18. The number of para-hydroxylation sites is 1. The normalized spacial score (nSPS) is 19.7. The summed E-state index contributed by atoms with van der Waals surface area (Å²) in [4.78, 5) is 25.6. The number of halogens is 1. The van der Waals surface area contributed by atoms with Gasteiger partial charge in [0.15, 0.2) is 0 Å². The zero-order valence-corrected chi connectivity index (χ0v) is 18.1. The molecule has 1 aliphatic rings. The van der Waals surface area contributed by atoms with Gasteiger partial charge in [0.2, 0.25) is 0 Å². The summed E-state index contributed by atoms with van der Waals surface area (Å²) in [5.74, 6) is -0.607. The molecular formula is C22H30FN3O4. The zero-order valence-electron chi connectivity index (χ0n) is 18.1. The molecule has 0 bridgehead atoms. The maximum atomic E-state index is 14.9. The zero-order chi connectivity index (χ0) is 21.9. The van der Waals surface area contributed by atoms with Crippen LogP contribution in [0.1, 0.15) is 39.8 Å². The van der Waals surface area contributed by atoms with Gasteiger partial charge in [-0.2, -0.15) is 5.10 Å². The fourth-order valence-electron chi connectivity index (χ4n) is 3.69. The Kier molecular flexibility index (Phi) is 6.63. The lowest BCUT2D eigenvalue weighted by molar-refractivity contribution is -0.142. The molecule has 0 spiro atoms. The number of carbonyl (C=O) groups excluding carboxylic acids is 2. The van der Waals surface area contributed by atoms with Gasteiger partial charge in [-0.05, 0) is 40.2 Å². The fourth-order valence-corrected chi connectivity index (χ4v) is 3.69. The van der Waals surface area contributed by atoms with E-state index in [1.165, 1.54) is 4.90 Å². The second-order valence-electron chi connectivity index (χ2n) is 8.62. The van der Waals surface area contributed by atoms with Crippen molar-refractivity contribution >= 4 is 23.0 Å². The molecule has 1 aromatic heterocycles. The molecule has 0 radical (unpaired) electrons. The van der Waals surface area contributed by atoms with Crippen LogP contribution in [-0.2, 0) is 27.2 Å². The van der Waals surface area contributed by atoms with Gasteiger partial charge >= 0.3 is 12.1 Å². The first-order chi connectivity index (χ1) is 14.2. The van der Waals surface area contributed by atoms with Crippen molar-refractivity contribution in [3.05, 3.63) is 30.0 Å². The third-order valence-electron chi connectivity index (χ3n) is 5.09. The van der Waals surface area contributed by atoms with Gasteiger partial charge in [0, 0.05) is 24.4 Å². The summed E-state index contributed by atoms with van der Waals surface area (Å²) in [6.45, 7) is 8.29. The van der Waals surface area contributed by atoms with E-state index in [1.807, 2.05) is 24.3 Å². The SMILES string of the molecule is CCOC(=O)Cc1nn(C[C@@H]2CCN(C(=O)OC(C)(C)C)C[C@@H]2F)c2ccccc12. The Balaban J connectivity index is 1.71. The predicted molar refractivity (Wildman–Crippen MR) is 111 cm³/mol. The number of likely N-dealkylation sites (tertiary alicyclic amines) is 1. The molecule has 1 fully saturated rings. The lowest BCUT2D eigenvalue weighted by Crippen LogP contribution is -2.47. The number of aromatic nitrogens is 2. The number of benzene rings is 1. The molecule has 1 aromatic carbocycles. The van der Waals surface area contributed by atoms with Crippen molar-refractivity contribution in [2.24, 2.45) is 5.92 Å². The molecule has 0 unspecified atom stereocenters. The maximum absolute atomic E-state index is 14.9. The maximum Gasteiger partial charge on any atom is 0.410 e. The van der Waals surface area contributed by atoms with E-state index in [9.17, 15) is 14.0 Å². The summed E-state index contributed by atoms with van der Waals surface area (Å²) in [6.07, 6.45) is -1.06. The van der Waals surface area contributed by atoms with Crippen molar-refractivity contribution in [3.8, 4) is 0 Å². The molecule has 0 saturated carbocycles. The Morgan fingerprint density at radius 2 is 2.00 bits per heavy atom. The molecule has 0 N–H and O–H groups in total. The summed E-state index contributed by atoms with van der Waals surface area (Å²) < 4.78 is 27.1. The van der Waals surface area contributed by atoms with E-state index >= 15 is 0 Å². The van der Waals surface area contributed by atoms with E-state index < -0.39 is 17.9 Å². The molecule has 0 aliphatic carbocycles. The van der Waals surface area contributed by atoms with E-state index in [-0.39, 0.29) is 24.9 Å². The highest BCUT2D eigenvalue weighted by atomic mass is 19.1. The van der Waals surface area contributed by atoms with E-state index in [0.717, 1.165) is 10.9 Å². The Labute approximate surface area is 176 Å². The van der Waals surface area contributed by atoms with E-state index in [0.29, 0.717) is 31.8 Å². The quantitative estimate of drug-likeness (QED) is 0.691. The molecule has 1 aliphatic heterocycles. The van der Waals surface area contributed by atoms with Crippen LogP contribution in [-0.4, -0.2) is 58.2 Å². The Morgan fingerprint density at radius 1 is 1.27 bits per heavy atom. The van der Waals surface area contributed by atoms with Crippen molar-refractivity contribution in [3.63, 3.8) is 0 Å². The molecule has 164 valence electrons. The van der Waals surface area contributed by atoms with Crippen LogP contribution < -0.4 is 0 Å². The first-order valence-electron chi connectivity index (χ1n) is 10.4. The number of hydrogen-bond acceptors (Lipinski definition) is 5. The average molecular weight is 419 g/mol. The van der Waals surface area contributed by atoms with Gasteiger partial charge in [0.1, 0.15) is 11.8 Å². The second kappa shape index (κ2) is 9.02. The van der Waals surface area contributed by atoms with Gasteiger partial charge < -0.3 is 14.4 Å². The lowest BCUT2D eigenvalue weighted by Gasteiger charge is -2.35. The highest BCUT2D eigenvalue weighted by molar-refractivity contribution is 5.86. The largest absolute Gasteiger partial charge is 0.466 e. The highest BCUT2D eigenvalue weighted by Crippen LogP contribution is 2.27. The first-order valence-corrected chi connectivity index (χ1v) is 10.4. The van der Waals surface area contributed by atoms with Crippen LogP contribution in [0.25, 0.3) is 10.9 Å². The number of ether oxygens (including phenoxy) is 2. The number of hydrogen-bond donors (Lipinski definition) is 0. The number of alkyl halides is 1. The van der Waals surface area contributed by atoms with Crippen molar-refractivity contribution in [1.29, 1.82) is 0 Å². The standard InChI is InChI=1S/C22H30FN3O4/c1-5-29-20(27)12-18-16-8-6-7-9-19(16)26(24-18)13-15-10-11-25(14-17(15)23)21(28)30-22(2,3)4/h6-9,15,17H,5,10-14H2,1-4H3/t15-,17-/m0/s1. The Morgan fingerprint density at radius 3 is 2.67 bits per heavy atom. The monoisotopic (exact) mass is 419 g/mol. The molecule has 1 amide bonds. The summed E-state index contributed by atoms with van der Waals surface area (Å²) >= 11 is 0. The lowest BCUT2D eigenvalue weighted by atomic mass is 9.95. The Bertz CT molecular complexity index is 905. The average Bonchev–Trinajstić information content (AvgIpc) is 3.00. The number of piperidine rings is 1. The summed E-state index contributed by atoms with van der Waals surface area (Å²) in [5, 5.41) is 5.45. The highest BCUT2D eigenvalue weighted by Gasteiger charge is 2.34. The third kappa shape index (κ3) is 5.29. The van der Waals surface area contributed by atoms with Gasteiger partial charge in [-0.3, -0.25) is 9.48 Å². The molecule has 2 heterocycles. The van der Waals surface area contributed by atoms with Crippen LogP contribution in [0.4, 0.5) is 9.18 Å². The minimum absolute atomic E-state index is 0.00840. The third-order valence-corrected chi connectivity index (χ3v) is 5.09. The van der Waals surface area contributed by atoms with Gasteiger partial charge in [-0.25, -0.2) is 9.18 Å². The first kappa shape index (κ1) is 22.1. The summed E-state index contributed by atoms with van der Waals surface area (Å²) in [7, 11) is 0. The minimum Gasteiger partial charge on any atom is -0.466 e. The summed E-state index contributed by atoms with van der Waals surface area (Å²) in [6, 6.07) is 7.61. The topological polar surface area (TPSA) is 73.7 Å².